The van der Waals surface area contributed by atoms with Crippen molar-refractivity contribution >= 4 is 44.4 Å². The van der Waals surface area contributed by atoms with Gasteiger partial charge in [0.25, 0.3) is 5.91 Å². The van der Waals surface area contributed by atoms with E-state index in [1.54, 1.807) is 23.1 Å². The molecule has 3 aromatic rings. The van der Waals surface area contributed by atoms with E-state index in [9.17, 15) is 4.79 Å². The molecule has 1 saturated heterocycles. The van der Waals surface area contributed by atoms with Crippen molar-refractivity contribution in [3.8, 4) is 0 Å². The van der Waals surface area contributed by atoms with E-state index in [0.29, 0.717) is 0 Å². The number of fused-ring (bicyclic) bond motifs is 1. The molecule has 2 heterocycles. The fraction of sp³-hybridized carbons (Fsp3) is 0.333. The Balaban J connectivity index is 1.48. The van der Waals surface area contributed by atoms with Gasteiger partial charge in [-0.15, -0.1) is 11.8 Å². The lowest BCUT2D eigenvalue weighted by molar-refractivity contribution is 0.0743. The van der Waals surface area contributed by atoms with E-state index >= 15 is 0 Å². The number of hydrogen-bond acceptors (Lipinski definition) is 5. The summed E-state index contributed by atoms with van der Waals surface area (Å²) in [5, 5.41) is 1.06. The average Bonchev–Trinajstić information content (AvgIpc) is 3.10. The molecule has 6 heteroatoms. The second-order valence-corrected chi connectivity index (χ2v) is 8.74. The van der Waals surface area contributed by atoms with E-state index in [1.165, 1.54) is 15.8 Å². The van der Waals surface area contributed by atoms with E-state index in [2.05, 4.69) is 30.9 Å². The van der Waals surface area contributed by atoms with Crippen molar-refractivity contribution in [1.29, 1.82) is 0 Å². The smallest absolute Gasteiger partial charge is 0.255 e. The molecule has 0 N–H and O–H groups in total. The monoisotopic (exact) mass is 397 g/mol. The predicted octanol–water partition coefficient (Wildman–Crippen LogP) is 4.60. The third kappa shape index (κ3) is 3.56. The Morgan fingerprint density at radius 3 is 2.52 bits per heavy atom. The van der Waals surface area contributed by atoms with Crippen LogP contribution in [0.15, 0.2) is 41.3 Å². The summed E-state index contributed by atoms with van der Waals surface area (Å²) in [5.41, 5.74) is 4.47. The Morgan fingerprint density at radius 1 is 1.07 bits per heavy atom. The van der Waals surface area contributed by atoms with E-state index in [4.69, 9.17) is 4.98 Å². The summed E-state index contributed by atoms with van der Waals surface area (Å²) in [4.78, 5) is 23.1. The zero-order valence-electron chi connectivity index (χ0n) is 15.9. The van der Waals surface area contributed by atoms with Crippen LogP contribution in [0.25, 0.3) is 10.2 Å². The Kier molecular flexibility index (Phi) is 5.10. The molecule has 2 aromatic carbocycles. The number of thioether (sulfide) groups is 1. The molecule has 0 aliphatic carbocycles. The van der Waals surface area contributed by atoms with Crippen LogP contribution < -0.4 is 4.90 Å². The Bertz CT molecular complexity index is 951. The van der Waals surface area contributed by atoms with Crippen LogP contribution in [-0.2, 0) is 0 Å². The van der Waals surface area contributed by atoms with Gasteiger partial charge in [0.1, 0.15) is 0 Å². The minimum atomic E-state index is 0.134. The molecule has 0 atom stereocenters. The summed E-state index contributed by atoms with van der Waals surface area (Å²) in [6.45, 7) is 7.39. The molecule has 4 rings (SSSR count). The van der Waals surface area contributed by atoms with Crippen LogP contribution in [0.4, 0.5) is 5.13 Å². The minimum absolute atomic E-state index is 0.134. The lowest BCUT2D eigenvalue weighted by atomic mass is 10.1. The van der Waals surface area contributed by atoms with Gasteiger partial charge in [-0.3, -0.25) is 4.79 Å². The van der Waals surface area contributed by atoms with Gasteiger partial charge in [-0.1, -0.05) is 23.5 Å². The van der Waals surface area contributed by atoms with Crippen LogP contribution in [0.2, 0.25) is 0 Å². The molecule has 4 nitrogen and oxygen atoms in total. The topological polar surface area (TPSA) is 36.4 Å². The zero-order valence-corrected chi connectivity index (χ0v) is 17.5. The molecular formula is C21H23N3OS2. The van der Waals surface area contributed by atoms with Gasteiger partial charge in [0, 0.05) is 31.1 Å². The fourth-order valence-corrected chi connectivity index (χ4v) is 5.08. The number of benzene rings is 2. The Labute approximate surface area is 168 Å². The number of piperazine rings is 1. The minimum Gasteiger partial charge on any atom is -0.345 e. The van der Waals surface area contributed by atoms with Gasteiger partial charge in [0.15, 0.2) is 5.13 Å². The maximum atomic E-state index is 12.9. The lowest BCUT2D eigenvalue weighted by Gasteiger charge is -2.34. The molecule has 0 bridgehead atoms. The molecule has 1 aromatic heterocycles. The number of aromatic nitrogens is 1. The van der Waals surface area contributed by atoms with Crippen molar-refractivity contribution in [3.63, 3.8) is 0 Å². The number of carbonyl (C=O) groups excluding carboxylic acids is 1. The molecule has 1 aliphatic rings. The quantitative estimate of drug-likeness (QED) is 0.605. The first-order valence-electron chi connectivity index (χ1n) is 9.12. The van der Waals surface area contributed by atoms with Crippen LogP contribution >= 0.6 is 23.1 Å². The summed E-state index contributed by atoms with van der Waals surface area (Å²) in [6, 6.07) is 12.3. The first-order valence-corrected chi connectivity index (χ1v) is 11.2. The van der Waals surface area contributed by atoms with Crippen molar-refractivity contribution in [2.24, 2.45) is 0 Å². The third-order valence-corrected chi connectivity index (χ3v) is 7.04. The summed E-state index contributed by atoms with van der Waals surface area (Å²) in [5.74, 6) is 0.134. The number of thiazole rings is 1. The van der Waals surface area contributed by atoms with Gasteiger partial charge in [-0.05, 0) is 55.5 Å². The average molecular weight is 398 g/mol. The van der Waals surface area contributed by atoms with E-state index in [1.807, 2.05) is 35.4 Å². The van der Waals surface area contributed by atoms with Crippen LogP contribution in [0.1, 0.15) is 21.5 Å². The number of aryl methyl sites for hydroxylation is 2. The van der Waals surface area contributed by atoms with E-state index in [-0.39, 0.29) is 5.91 Å². The number of nitrogens with zero attached hydrogens (tertiary/aromatic N) is 3. The lowest BCUT2D eigenvalue weighted by Crippen LogP contribution is -2.48. The second kappa shape index (κ2) is 7.52. The van der Waals surface area contributed by atoms with Gasteiger partial charge in [-0.25, -0.2) is 4.98 Å². The zero-order chi connectivity index (χ0) is 19.0. The summed E-state index contributed by atoms with van der Waals surface area (Å²) < 4.78 is 1.24. The van der Waals surface area contributed by atoms with Crippen LogP contribution in [-0.4, -0.2) is 48.2 Å². The van der Waals surface area contributed by atoms with Gasteiger partial charge >= 0.3 is 0 Å². The van der Waals surface area contributed by atoms with Gasteiger partial charge in [-0.2, -0.15) is 0 Å². The van der Waals surface area contributed by atoms with E-state index < -0.39 is 0 Å². The van der Waals surface area contributed by atoms with Crippen molar-refractivity contribution in [2.75, 3.05) is 37.3 Å². The number of hydrogen-bond donors (Lipinski definition) is 0. The summed E-state index contributed by atoms with van der Waals surface area (Å²) in [6.07, 6.45) is 2.01. The highest BCUT2D eigenvalue weighted by Crippen LogP contribution is 2.31. The SMILES string of the molecule is CSc1ccccc1C(=O)N1CCN(c2nc3cc(C)c(C)cc3s2)CC1. The van der Waals surface area contributed by atoms with Crippen LogP contribution in [0.3, 0.4) is 0 Å². The molecule has 27 heavy (non-hydrogen) atoms. The molecule has 0 saturated carbocycles. The number of carbonyl (C=O) groups is 1. The van der Waals surface area contributed by atoms with Crippen LogP contribution in [0, 0.1) is 13.8 Å². The molecular weight excluding hydrogens is 374 g/mol. The molecule has 0 unspecified atom stereocenters. The molecule has 0 spiro atoms. The third-order valence-electron chi connectivity index (χ3n) is 5.17. The number of anilines is 1. The van der Waals surface area contributed by atoms with Crippen molar-refractivity contribution in [1.82, 2.24) is 9.88 Å². The predicted molar refractivity (Wildman–Crippen MR) is 115 cm³/mol. The highest BCUT2D eigenvalue weighted by atomic mass is 32.2. The number of amides is 1. The first-order chi connectivity index (χ1) is 13.1. The van der Waals surface area contributed by atoms with Crippen molar-refractivity contribution in [3.05, 3.63) is 53.1 Å². The molecule has 1 amide bonds. The molecule has 0 radical (unpaired) electrons. The highest BCUT2D eigenvalue weighted by Gasteiger charge is 2.25. The summed E-state index contributed by atoms with van der Waals surface area (Å²) >= 11 is 3.37. The standard InChI is InChI=1S/C21H23N3OS2/c1-14-12-17-19(13-15(14)2)27-21(22-17)24-10-8-23(9-11-24)20(25)16-6-4-5-7-18(16)26-3/h4-7,12-13H,8-11H2,1-3H3. The fourth-order valence-electron chi connectivity index (χ4n) is 3.40. The Hall–Kier alpha value is -2.05. The van der Waals surface area contributed by atoms with Gasteiger partial charge in [0.2, 0.25) is 0 Å². The summed E-state index contributed by atoms with van der Waals surface area (Å²) in [7, 11) is 0. The maximum absolute atomic E-state index is 12.9. The van der Waals surface area contributed by atoms with E-state index in [0.717, 1.165) is 47.3 Å². The van der Waals surface area contributed by atoms with Gasteiger partial charge < -0.3 is 9.80 Å². The van der Waals surface area contributed by atoms with Crippen molar-refractivity contribution < 1.29 is 4.79 Å². The molecule has 140 valence electrons. The number of rotatable bonds is 3. The van der Waals surface area contributed by atoms with Gasteiger partial charge in [0.05, 0.1) is 15.8 Å². The highest BCUT2D eigenvalue weighted by molar-refractivity contribution is 7.98. The largest absolute Gasteiger partial charge is 0.345 e. The normalized spacial score (nSPS) is 14.8. The van der Waals surface area contributed by atoms with Crippen LogP contribution in [0.5, 0.6) is 0 Å². The molecule has 1 aliphatic heterocycles. The first kappa shape index (κ1) is 18.3. The Morgan fingerprint density at radius 2 is 1.78 bits per heavy atom. The van der Waals surface area contributed by atoms with Crippen molar-refractivity contribution in [2.45, 2.75) is 18.7 Å². The molecule has 1 fully saturated rings. The second-order valence-electron chi connectivity index (χ2n) is 6.88. The maximum Gasteiger partial charge on any atom is 0.255 e.